The third kappa shape index (κ3) is 5.99. The molecular weight excluding hydrogens is 326 g/mol. The van der Waals surface area contributed by atoms with Crippen LogP contribution in [0.4, 0.5) is 0 Å². The Morgan fingerprint density at radius 2 is 1.44 bits per heavy atom. The van der Waals surface area contributed by atoms with Gasteiger partial charge in [0.05, 0.1) is 5.92 Å². The maximum Gasteiger partial charge on any atom is 0.330 e. The molecule has 2 N–H and O–H groups in total. The molecule has 0 aromatic heterocycles. The smallest absolute Gasteiger partial charge is 0.330 e. The Balaban J connectivity index is 2.86. The van der Waals surface area contributed by atoms with Crippen LogP contribution in [0.5, 0.6) is 0 Å². The SMILES string of the molecule is CC(=O)OC1(C(N)C(=O)O[C@H](OC(=O)C(C)C)C(C)C)CCCCC1. The summed E-state index contributed by atoms with van der Waals surface area (Å²) in [5, 5.41) is 0. The standard InChI is InChI=1S/C18H31NO6/c1-11(2)15(21)23-17(12(3)4)24-16(22)14(19)18(25-13(5)20)9-7-6-8-10-18/h11-12,14,17H,6-10,19H2,1-5H3/t14?,17-/m0/s1. The Kier molecular flexibility index (Phi) is 7.86. The van der Waals surface area contributed by atoms with Gasteiger partial charge in [0, 0.05) is 12.8 Å². The topological polar surface area (TPSA) is 105 Å². The molecule has 1 unspecified atom stereocenters. The van der Waals surface area contributed by atoms with Gasteiger partial charge in [0.25, 0.3) is 0 Å². The first-order chi connectivity index (χ1) is 11.6. The number of carbonyl (C=O) groups is 3. The van der Waals surface area contributed by atoms with Crippen molar-refractivity contribution >= 4 is 17.9 Å². The zero-order valence-electron chi connectivity index (χ0n) is 15.9. The van der Waals surface area contributed by atoms with Crippen LogP contribution >= 0.6 is 0 Å². The Hall–Kier alpha value is -1.63. The molecule has 1 aliphatic rings. The molecule has 0 aromatic rings. The van der Waals surface area contributed by atoms with Crippen LogP contribution in [0.3, 0.4) is 0 Å². The molecule has 0 radical (unpaired) electrons. The van der Waals surface area contributed by atoms with Crippen molar-refractivity contribution in [2.24, 2.45) is 17.6 Å². The number of hydrogen-bond donors (Lipinski definition) is 1. The summed E-state index contributed by atoms with van der Waals surface area (Å²) in [7, 11) is 0. The third-order valence-electron chi connectivity index (χ3n) is 4.35. The minimum absolute atomic E-state index is 0.227. The van der Waals surface area contributed by atoms with Crippen LogP contribution in [-0.4, -0.2) is 35.8 Å². The quantitative estimate of drug-likeness (QED) is 0.550. The predicted octanol–water partition coefficient (Wildman–Crippen LogP) is 2.30. The summed E-state index contributed by atoms with van der Waals surface area (Å²) in [4.78, 5) is 35.9. The first kappa shape index (κ1) is 21.4. The molecule has 7 heteroatoms. The average Bonchev–Trinajstić information content (AvgIpc) is 2.53. The van der Waals surface area contributed by atoms with Crippen molar-refractivity contribution < 1.29 is 28.6 Å². The Labute approximate surface area is 149 Å². The van der Waals surface area contributed by atoms with E-state index in [1.165, 1.54) is 6.92 Å². The fourth-order valence-corrected chi connectivity index (χ4v) is 2.86. The van der Waals surface area contributed by atoms with Crippen LogP contribution in [0.1, 0.15) is 66.7 Å². The Morgan fingerprint density at radius 1 is 0.920 bits per heavy atom. The van der Waals surface area contributed by atoms with Crippen LogP contribution in [0.2, 0.25) is 0 Å². The van der Waals surface area contributed by atoms with Crippen LogP contribution in [-0.2, 0) is 28.6 Å². The third-order valence-corrected chi connectivity index (χ3v) is 4.35. The lowest BCUT2D eigenvalue weighted by atomic mass is 9.79. The van der Waals surface area contributed by atoms with Crippen molar-refractivity contribution in [1.82, 2.24) is 0 Å². The summed E-state index contributed by atoms with van der Waals surface area (Å²) in [5.41, 5.74) is 5.07. The molecule has 0 amide bonds. The summed E-state index contributed by atoms with van der Waals surface area (Å²) in [5.74, 6) is -2.21. The molecule has 144 valence electrons. The van der Waals surface area contributed by atoms with E-state index in [1.54, 1.807) is 27.7 Å². The number of hydrogen-bond acceptors (Lipinski definition) is 7. The van der Waals surface area contributed by atoms with E-state index in [9.17, 15) is 14.4 Å². The van der Waals surface area contributed by atoms with Gasteiger partial charge in [-0.1, -0.05) is 34.1 Å². The number of nitrogens with two attached hydrogens (primary N) is 1. The van der Waals surface area contributed by atoms with E-state index >= 15 is 0 Å². The number of carbonyl (C=O) groups excluding carboxylic acids is 3. The van der Waals surface area contributed by atoms with E-state index in [1.807, 2.05) is 0 Å². The van der Waals surface area contributed by atoms with Gasteiger partial charge in [-0.25, -0.2) is 0 Å². The van der Waals surface area contributed by atoms with Crippen molar-refractivity contribution in [1.29, 1.82) is 0 Å². The fraction of sp³-hybridized carbons (Fsp3) is 0.833. The van der Waals surface area contributed by atoms with Crippen LogP contribution in [0, 0.1) is 11.8 Å². The second-order valence-electron chi connectivity index (χ2n) is 7.34. The van der Waals surface area contributed by atoms with E-state index in [-0.39, 0.29) is 11.8 Å². The van der Waals surface area contributed by atoms with Gasteiger partial charge in [0.1, 0.15) is 11.6 Å². The number of esters is 3. The van der Waals surface area contributed by atoms with Gasteiger partial charge in [-0.05, 0) is 25.7 Å². The highest BCUT2D eigenvalue weighted by atomic mass is 16.7. The van der Waals surface area contributed by atoms with Gasteiger partial charge in [0.15, 0.2) is 0 Å². The molecule has 0 spiro atoms. The monoisotopic (exact) mass is 357 g/mol. The normalized spacial score (nSPS) is 19.2. The minimum Gasteiger partial charge on any atom is -0.457 e. The lowest BCUT2D eigenvalue weighted by Crippen LogP contribution is -2.57. The molecule has 0 aliphatic heterocycles. The molecule has 1 fully saturated rings. The maximum absolute atomic E-state index is 12.6. The van der Waals surface area contributed by atoms with E-state index in [2.05, 4.69) is 0 Å². The minimum atomic E-state index is -1.12. The molecule has 0 aromatic carbocycles. The molecule has 1 aliphatic carbocycles. The zero-order valence-corrected chi connectivity index (χ0v) is 15.9. The summed E-state index contributed by atoms with van der Waals surface area (Å²) in [6, 6.07) is -1.12. The van der Waals surface area contributed by atoms with E-state index in [0.717, 1.165) is 19.3 Å². The molecule has 25 heavy (non-hydrogen) atoms. The Morgan fingerprint density at radius 3 is 1.88 bits per heavy atom. The van der Waals surface area contributed by atoms with Gasteiger partial charge < -0.3 is 19.9 Å². The molecule has 0 saturated heterocycles. The highest BCUT2D eigenvalue weighted by Gasteiger charge is 2.46. The lowest BCUT2D eigenvalue weighted by Gasteiger charge is -2.40. The summed E-state index contributed by atoms with van der Waals surface area (Å²) < 4.78 is 16.1. The van der Waals surface area contributed by atoms with Crippen LogP contribution in [0.15, 0.2) is 0 Å². The first-order valence-electron chi connectivity index (χ1n) is 8.95. The molecule has 1 saturated carbocycles. The van der Waals surface area contributed by atoms with E-state index in [0.29, 0.717) is 12.8 Å². The van der Waals surface area contributed by atoms with Crippen molar-refractivity contribution in [3.8, 4) is 0 Å². The van der Waals surface area contributed by atoms with Gasteiger partial charge >= 0.3 is 17.9 Å². The van der Waals surface area contributed by atoms with Crippen molar-refractivity contribution in [2.45, 2.75) is 84.7 Å². The summed E-state index contributed by atoms with van der Waals surface area (Å²) >= 11 is 0. The fourth-order valence-electron chi connectivity index (χ4n) is 2.86. The zero-order chi connectivity index (χ0) is 19.2. The van der Waals surface area contributed by atoms with E-state index in [4.69, 9.17) is 19.9 Å². The second-order valence-corrected chi connectivity index (χ2v) is 7.34. The van der Waals surface area contributed by atoms with Gasteiger partial charge in [-0.2, -0.15) is 0 Å². The van der Waals surface area contributed by atoms with E-state index < -0.39 is 35.8 Å². The molecular formula is C18H31NO6. The van der Waals surface area contributed by atoms with Crippen LogP contribution < -0.4 is 5.73 Å². The Bertz CT molecular complexity index is 482. The average molecular weight is 357 g/mol. The molecule has 0 heterocycles. The maximum atomic E-state index is 12.6. The van der Waals surface area contributed by atoms with Crippen molar-refractivity contribution in [2.75, 3.05) is 0 Å². The van der Waals surface area contributed by atoms with Gasteiger partial charge in [-0.15, -0.1) is 0 Å². The highest BCUT2D eigenvalue weighted by molar-refractivity contribution is 5.79. The largest absolute Gasteiger partial charge is 0.457 e. The molecule has 0 bridgehead atoms. The second kappa shape index (κ2) is 9.17. The summed E-state index contributed by atoms with van der Waals surface area (Å²) in [6.45, 7) is 8.25. The molecule has 2 atom stereocenters. The van der Waals surface area contributed by atoms with Crippen molar-refractivity contribution in [3.05, 3.63) is 0 Å². The van der Waals surface area contributed by atoms with Gasteiger partial charge in [0.2, 0.25) is 6.29 Å². The first-order valence-corrected chi connectivity index (χ1v) is 8.95. The number of rotatable bonds is 7. The van der Waals surface area contributed by atoms with Crippen LogP contribution in [0.25, 0.3) is 0 Å². The number of ether oxygens (including phenoxy) is 3. The highest BCUT2D eigenvalue weighted by Crippen LogP contribution is 2.35. The predicted molar refractivity (Wildman–Crippen MR) is 91.2 cm³/mol. The lowest BCUT2D eigenvalue weighted by molar-refractivity contribution is -0.204. The summed E-state index contributed by atoms with van der Waals surface area (Å²) in [6.07, 6.45) is 2.66. The molecule has 7 nitrogen and oxygen atoms in total. The molecule has 1 rings (SSSR count). The van der Waals surface area contributed by atoms with Crippen molar-refractivity contribution in [3.63, 3.8) is 0 Å². The van der Waals surface area contributed by atoms with Gasteiger partial charge in [-0.3, -0.25) is 14.4 Å².